The normalized spacial score (nSPS) is 10.8. The number of amides is 2. The smallest absolute Gasteiger partial charge is 0.323 e. The monoisotopic (exact) mass is 371 g/mol. The van der Waals surface area contributed by atoms with E-state index in [2.05, 4.69) is 5.43 Å². The summed E-state index contributed by atoms with van der Waals surface area (Å²) in [5.41, 5.74) is 1.46. The minimum absolute atomic E-state index is 0.0376. The lowest BCUT2D eigenvalue weighted by atomic mass is 10.1. The Morgan fingerprint density at radius 1 is 1.07 bits per heavy atom. The minimum atomic E-state index is -0.778. The molecule has 0 radical (unpaired) electrons. The summed E-state index contributed by atoms with van der Waals surface area (Å²) < 4.78 is 4.98. The van der Waals surface area contributed by atoms with Gasteiger partial charge in [0.05, 0.1) is 17.6 Å². The third-order valence-corrected chi connectivity index (χ3v) is 3.75. The lowest BCUT2D eigenvalue weighted by Crippen LogP contribution is -2.55. The summed E-state index contributed by atoms with van der Waals surface area (Å²) in [6.07, 6.45) is 0. The molecule has 0 bridgehead atoms. The van der Waals surface area contributed by atoms with Gasteiger partial charge in [-0.3, -0.25) is 25.1 Å². The van der Waals surface area contributed by atoms with E-state index in [0.717, 1.165) is 5.01 Å². The number of hydrazine groups is 1. The van der Waals surface area contributed by atoms with Gasteiger partial charge in [0.1, 0.15) is 5.56 Å². The van der Waals surface area contributed by atoms with Crippen LogP contribution in [0.1, 0.15) is 41.5 Å². The van der Waals surface area contributed by atoms with Crippen LogP contribution in [0.2, 0.25) is 0 Å². The van der Waals surface area contributed by atoms with Gasteiger partial charge in [-0.25, -0.2) is 5.01 Å². The molecule has 8 nitrogen and oxygen atoms in total. The van der Waals surface area contributed by atoms with E-state index >= 15 is 0 Å². The van der Waals surface area contributed by atoms with Crippen molar-refractivity contribution in [2.75, 3.05) is 7.11 Å². The van der Waals surface area contributed by atoms with Crippen molar-refractivity contribution in [3.63, 3.8) is 0 Å². The molecule has 0 aliphatic rings. The molecule has 8 heteroatoms. The number of nitrogens with one attached hydrogen (secondary N) is 1. The van der Waals surface area contributed by atoms with E-state index in [0.29, 0.717) is 5.56 Å². The van der Waals surface area contributed by atoms with Gasteiger partial charge in [-0.1, -0.05) is 24.3 Å². The maximum Gasteiger partial charge on any atom is 0.323 e. The Balaban J connectivity index is 2.41. The van der Waals surface area contributed by atoms with Gasteiger partial charge in [0, 0.05) is 5.56 Å². The van der Waals surface area contributed by atoms with E-state index < -0.39 is 28.0 Å². The van der Waals surface area contributed by atoms with Gasteiger partial charge in [0.15, 0.2) is 5.75 Å². The number of rotatable bonds is 4. The van der Waals surface area contributed by atoms with Crippen molar-refractivity contribution in [2.45, 2.75) is 26.3 Å². The first kappa shape index (κ1) is 19.9. The van der Waals surface area contributed by atoms with Crippen LogP contribution in [0, 0.1) is 10.1 Å². The standard InChI is InChI=1S/C19H21N3O5/c1-19(2,3)21(18(24)13-9-6-5-7-10-13)20-17(23)14-11-8-12-15(27-4)16(14)22(25)26/h5-12H,1-4H3,(H,20,23). The summed E-state index contributed by atoms with van der Waals surface area (Å²) in [6, 6.07) is 12.6. The molecular formula is C19H21N3O5. The van der Waals surface area contributed by atoms with Gasteiger partial charge >= 0.3 is 5.69 Å². The van der Waals surface area contributed by atoms with Crippen molar-refractivity contribution in [2.24, 2.45) is 0 Å². The predicted molar refractivity (Wildman–Crippen MR) is 99.5 cm³/mol. The molecule has 0 fully saturated rings. The molecule has 0 spiro atoms. The number of methoxy groups -OCH3 is 1. The molecule has 27 heavy (non-hydrogen) atoms. The Bertz CT molecular complexity index is 859. The van der Waals surface area contributed by atoms with E-state index in [9.17, 15) is 19.7 Å². The van der Waals surface area contributed by atoms with E-state index in [-0.39, 0.29) is 11.3 Å². The number of benzene rings is 2. The molecule has 0 saturated carbocycles. The topological polar surface area (TPSA) is 102 Å². The summed E-state index contributed by atoms with van der Waals surface area (Å²) >= 11 is 0. The number of nitrogens with zero attached hydrogens (tertiary/aromatic N) is 2. The number of nitro groups is 1. The second-order valence-corrected chi connectivity index (χ2v) is 6.73. The first-order valence-electron chi connectivity index (χ1n) is 8.18. The maximum atomic E-state index is 12.9. The zero-order chi connectivity index (χ0) is 20.2. The van der Waals surface area contributed by atoms with Gasteiger partial charge in [-0.15, -0.1) is 0 Å². The van der Waals surface area contributed by atoms with Crippen LogP contribution in [0.15, 0.2) is 48.5 Å². The third kappa shape index (κ3) is 4.41. The van der Waals surface area contributed by atoms with Crippen LogP contribution < -0.4 is 10.2 Å². The number of ether oxygens (including phenoxy) is 1. The molecule has 2 rings (SSSR count). The van der Waals surface area contributed by atoms with Crippen molar-refractivity contribution in [1.29, 1.82) is 0 Å². The van der Waals surface area contributed by atoms with Crippen molar-refractivity contribution >= 4 is 17.5 Å². The van der Waals surface area contributed by atoms with Crippen LogP contribution in [-0.2, 0) is 0 Å². The first-order valence-corrected chi connectivity index (χ1v) is 8.18. The van der Waals surface area contributed by atoms with Crippen molar-refractivity contribution in [1.82, 2.24) is 10.4 Å². The zero-order valence-electron chi connectivity index (χ0n) is 15.6. The largest absolute Gasteiger partial charge is 0.490 e. The highest BCUT2D eigenvalue weighted by Crippen LogP contribution is 2.30. The molecule has 2 aromatic carbocycles. The van der Waals surface area contributed by atoms with E-state index in [4.69, 9.17) is 4.74 Å². The van der Waals surface area contributed by atoms with Crippen LogP contribution in [0.5, 0.6) is 5.75 Å². The van der Waals surface area contributed by atoms with Crippen LogP contribution in [-0.4, -0.2) is 34.4 Å². The molecule has 0 atom stereocenters. The fraction of sp³-hybridized carbons (Fsp3) is 0.263. The highest BCUT2D eigenvalue weighted by atomic mass is 16.6. The second kappa shape index (κ2) is 7.86. The van der Waals surface area contributed by atoms with E-state index in [1.54, 1.807) is 51.1 Å². The van der Waals surface area contributed by atoms with E-state index in [1.165, 1.54) is 25.3 Å². The summed E-state index contributed by atoms with van der Waals surface area (Å²) in [5, 5.41) is 12.6. The van der Waals surface area contributed by atoms with Crippen LogP contribution in [0.25, 0.3) is 0 Å². The Hall–Kier alpha value is -3.42. The zero-order valence-corrected chi connectivity index (χ0v) is 15.6. The lowest BCUT2D eigenvalue weighted by Gasteiger charge is -2.35. The molecular weight excluding hydrogens is 350 g/mol. The minimum Gasteiger partial charge on any atom is -0.490 e. The Morgan fingerprint density at radius 2 is 1.70 bits per heavy atom. The highest BCUT2D eigenvalue weighted by molar-refractivity contribution is 6.02. The van der Waals surface area contributed by atoms with Crippen LogP contribution in [0.3, 0.4) is 0 Å². The molecule has 2 aromatic rings. The Kier molecular flexibility index (Phi) is 5.79. The van der Waals surface area contributed by atoms with Crippen molar-refractivity contribution in [3.05, 3.63) is 69.8 Å². The van der Waals surface area contributed by atoms with Crippen LogP contribution >= 0.6 is 0 Å². The summed E-state index contributed by atoms with van der Waals surface area (Å²) in [7, 11) is 1.28. The molecule has 1 N–H and O–H groups in total. The van der Waals surface area contributed by atoms with Gasteiger partial charge in [-0.05, 0) is 45.0 Å². The molecule has 142 valence electrons. The Labute approximate surface area is 156 Å². The summed E-state index contributed by atoms with van der Waals surface area (Å²) in [5.74, 6) is -1.24. The molecule has 0 aromatic heterocycles. The van der Waals surface area contributed by atoms with Gasteiger partial charge in [0.2, 0.25) is 0 Å². The molecule has 0 aliphatic carbocycles. The maximum absolute atomic E-state index is 12.9. The SMILES string of the molecule is COc1cccc(C(=O)NN(C(=O)c2ccccc2)C(C)(C)C)c1[N+](=O)[O-]. The van der Waals surface area contributed by atoms with Crippen molar-refractivity contribution in [3.8, 4) is 5.75 Å². The van der Waals surface area contributed by atoms with Gasteiger partial charge in [0.25, 0.3) is 11.8 Å². The van der Waals surface area contributed by atoms with Crippen molar-refractivity contribution < 1.29 is 19.2 Å². The van der Waals surface area contributed by atoms with Crippen LogP contribution in [0.4, 0.5) is 5.69 Å². The fourth-order valence-corrected chi connectivity index (χ4v) is 2.45. The third-order valence-electron chi connectivity index (χ3n) is 3.75. The Morgan fingerprint density at radius 3 is 2.22 bits per heavy atom. The predicted octanol–water partition coefficient (Wildman–Crippen LogP) is 3.19. The van der Waals surface area contributed by atoms with E-state index in [1.807, 2.05) is 0 Å². The molecule has 0 aliphatic heterocycles. The fourth-order valence-electron chi connectivity index (χ4n) is 2.45. The van der Waals surface area contributed by atoms with Gasteiger partial charge < -0.3 is 4.74 Å². The quantitative estimate of drug-likeness (QED) is 0.657. The molecule has 0 unspecified atom stereocenters. The number of para-hydroxylation sites is 1. The number of nitro benzene ring substituents is 1. The lowest BCUT2D eigenvalue weighted by molar-refractivity contribution is -0.386. The average Bonchev–Trinajstić information content (AvgIpc) is 2.64. The number of carbonyl (C=O) groups is 2. The molecule has 0 heterocycles. The number of hydrogen-bond donors (Lipinski definition) is 1. The van der Waals surface area contributed by atoms with Gasteiger partial charge in [-0.2, -0.15) is 0 Å². The summed E-state index contributed by atoms with van der Waals surface area (Å²) in [6.45, 7) is 5.23. The number of hydrogen-bond acceptors (Lipinski definition) is 5. The molecule has 0 saturated heterocycles. The highest BCUT2D eigenvalue weighted by Gasteiger charge is 2.32. The first-order chi connectivity index (χ1) is 12.7. The summed E-state index contributed by atoms with van der Waals surface area (Å²) in [4.78, 5) is 36.3. The molecule has 2 amide bonds. The average molecular weight is 371 g/mol. The second-order valence-electron chi connectivity index (χ2n) is 6.73. The number of carbonyl (C=O) groups excluding carboxylic acids is 2.